The highest BCUT2D eigenvalue weighted by molar-refractivity contribution is 5.93. The number of benzene rings is 1. The fraction of sp³-hybridized carbons (Fsp3) is 0.389. The van der Waals surface area contributed by atoms with Crippen molar-refractivity contribution in [1.29, 1.82) is 0 Å². The van der Waals surface area contributed by atoms with Gasteiger partial charge in [-0.1, -0.05) is 30.3 Å². The van der Waals surface area contributed by atoms with Gasteiger partial charge in [-0.3, -0.25) is 9.48 Å². The minimum Gasteiger partial charge on any atom is -0.444 e. The predicted molar refractivity (Wildman–Crippen MR) is 89.9 cm³/mol. The van der Waals surface area contributed by atoms with Gasteiger partial charge in [0.25, 0.3) is 5.91 Å². The van der Waals surface area contributed by atoms with Crippen molar-refractivity contribution in [1.82, 2.24) is 14.7 Å². The van der Waals surface area contributed by atoms with Crippen LogP contribution in [0.4, 0.5) is 0 Å². The lowest BCUT2D eigenvalue weighted by molar-refractivity contribution is -0.145. The standard InChI is InChI=1S/C18H21N3O4/c1-13-15(12-19-20(13)2)18(23)25-16(14-6-4-3-5-7-14)17(22)21-8-10-24-11-9-21/h3-7,12,16H,8-11H2,1-2H3/t16-/m0/s1. The second-order valence-electron chi connectivity index (χ2n) is 5.90. The van der Waals surface area contributed by atoms with Gasteiger partial charge in [-0.2, -0.15) is 5.10 Å². The highest BCUT2D eigenvalue weighted by Crippen LogP contribution is 2.23. The molecule has 1 amide bonds. The molecule has 7 heteroatoms. The number of esters is 1. The topological polar surface area (TPSA) is 73.7 Å². The zero-order valence-corrected chi connectivity index (χ0v) is 14.3. The Morgan fingerprint density at radius 1 is 1.20 bits per heavy atom. The van der Waals surface area contributed by atoms with Crippen molar-refractivity contribution in [2.24, 2.45) is 7.05 Å². The van der Waals surface area contributed by atoms with Gasteiger partial charge in [-0.15, -0.1) is 0 Å². The third kappa shape index (κ3) is 3.71. The van der Waals surface area contributed by atoms with E-state index < -0.39 is 12.1 Å². The maximum atomic E-state index is 12.9. The zero-order chi connectivity index (χ0) is 17.8. The smallest absolute Gasteiger partial charge is 0.342 e. The number of aromatic nitrogens is 2. The molecule has 1 aromatic carbocycles. The Bertz CT molecular complexity index is 751. The molecule has 25 heavy (non-hydrogen) atoms. The van der Waals surface area contributed by atoms with E-state index in [9.17, 15) is 9.59 Å². The zero-order valence-electron chi connectivity index (χ0n) is 14.3. The summed E-state index contributed by atoms with van der Waals surface area (Å²) in [7, 11) is 1.75. The van der Waals surface area contributed by atoms with Crippen LogP contribution < -0.4 is 0 Å². The van der Waals surface area contributed by atoms with E-state index >= 15 is 0 Å². The molecular weight excluding hydrogens is 322 g/mol. The monoisotopic (exact) mass is 343 g/mol. The molecule has 1 aliphatic heterocycles. The molecule has 2 heterocycles. The molecule has 1 aliphatic rings. The Labute approximate surface area is 146 Å². The van der Waals surface area contributed by atoms with Crippen molar-refractivity contribution < 1.29 is 19.1 Å². The van der Waals surface area contributed by atoms with Gasteiger partial charge in [0.05, 0.1) is 19.4 Å². The van der Waals surface area contributed by atoms with Gasteiger partial charge >= 0.3 is 5.97 Å². The first-order chi connectivity index (χ1) is 12.1. The SMILES string of the molecule is Cc1c(C(=O)O[C@H](C(=O)N2CCOCC2)c2ccccc2)cnn1C. The molecule has 0 aliphatic carbocycles. The van der Waals surface area contributed by atoms with Gasteiger partial charge in [0, 0.05) is 31.4 Å². The number of aryl methyl sites for hydroxylation is 1. The van der Waals surface area contributed by atoms with E-state index in [1.807, 2.05) is 18.2 Å². The number of ether oxygens (including phenoxy) is 2. The molecular formula is C18H21N3O4. The summed E-state index contributed by atoms with van der Waals surface area (Å²) in [4.78, 5) is 27.2. The first kappa shape index (κ1) is 17.2. The van der Waals surface area contributed by atoms with Crippen LogP contribution in [0.25, 0.3) is 0 Å². The number of amides is 1. The molecule has 1 fully saturated rings. The summed E-state index contributed by atoms with van der Waals surface area (Å²) in [5, 5.41) is 4.06. The van der Waals surface area contributed by atoms with Gasteiger partial charge in [0.2, 0.25) is 6.10 Å². The summed E-state index contributed by atoms with van der Waals surface area (Å²) in [6.07, 6.45) is 0.477. The molecule has 0 saturated carbocycles. The van der Waals surface area contributed by atoms with Crippen molar-refractivity contribution in [2.75, 3.05) is 26.3 Å². The van der Waals surface area contributed by atoms with Crippen molar-refractivity contribution >= 4 is 11.9 Å². The highest BCUT2D eigenvalue weighted by atomic mass is 16.5. The molecule has 1 aromatic heterocycles. The van der Waals surface area contributed by atoms with Crippen molar-refractivity contribution in [3.63, 3.8) is 0 Å². The average Bonchev–Trinajstić information content (AvgIpc) is 2.99. The summed E-state index contributed by atoms with van der Waals surface area (Å²) in [6, 6.07) is 9.06. The molecule has 0 unspecified atom stereocenters. The molecule has 1 atom stereocenters. The Kier molecular flexibility index (Phi) is 5.14. The summed E-state index contributed by atoms with van der Waals surface area (Å²) >= 11 is 0. The predicted octanol–water partition coefficient (Wildman–Crippen LogP) is 1.49. The normalized spacial score (nSPS) is 15.7. The van der Waals surface area contributed by atoms with Crippen LogP contribution in [0.2, 0.25) is 0 Å². The molecule has 132 valence electrons. The molecule has 0 spiro atoms. The van der Waals surface area contributed by atoms with Gasteiger partial charge in [-0.25, -0.2) is 4.79 Å². The van der Waals surface area contributed by atoms with E-state index in [0.29, 0.717) is 43.1 Å². The maximum Gasteiger partial charge on any atom is 0.342 e. The minimum atomic E-state index is -0.980. The van der Waals surface area contributed by atoms with E-state index in [-0.39, 0.29) is 5.91 Å². The number of nitrogens with zero attached hydrogens (tertiary/aromatic N) is 3. The first-order valence-corrected chi connectivity index (χ1v) is 8.19. The van der Waals surface area contributed by atoms with Gasteiger partial charge in [-0.05, 0) is 6.92 Å². The third-order valence-corrected chi connectivity index (χ3v) is 4.33. The number of carbonyl (C=O) groups excluding carboxylic acids is 2. The molecule has 0 radical (unpaired) electrons. The third-order valence-electron chi connectivity index (χ3n) is 4.33. The van der Waals surface area contributed by atoms with Gasteiger partial charge in [0.15, 0.2) is 0 Å². The second-order valence-corrected chi connectivity index (χ2v) is 5.90. The molecule has 2 aromatic rings. The number of hydrogen-bond donors (Lipinski definition) is 0. The largest absolute Gasteiger partial charge is 0.444 e. The Morgan fingerprint density at radius 2 is 1.88 bits per heavy atom. The quantitative estimate of drug-likeness (QED) is 0.786. The number of morpholine rings is 1. The van der Waals surface area contributed by atoms with E-state index in [1.54, 1.807) is 35.7 Å². The van der Waals surface area contributed by atoms with Crippen LogP contribution >= 0.6 is 0 Å². The summed E-state index contributed by atoms with van der Waals surface area (Å²) in [5.41, 5.74) is 1.70. The number of rotatable bonds is 4. The Hall–Kier alpha value is -2.67. The van der Waals surface area contributed by atoms with Crippen molar-refractivity contribution in [3.05, 3.63) is 53.3 Å². The van der Waals surface area contributed by atoms with Crippen LogP contribution in [-0.4, -0.2) is 52.9 Å². The van der Waals surface area contributed by atoms with Gasteiger partial charge in [0.1, 0.15) is 5.56 Å². The second kappa shape index (κ2) is 7.48. The fourth-order valence-electron chi connectivity index (χ4n) is 2.71. The average molecular weight is 343 g/mol. The lowest BCUT2D eigenvalue weighted by Crippen LogP contribution is -2.44. The lowest BCUT2D eigenvalue weighted by atomic mass is 10.1. The Balaban J connectivity index is 1.85. The molecule has 0 N–H and O–H groups in total. The Morgan fingerprint density at radius 3 is 2.48 bits per heavy atom. The van der Waals surface area contributed by atoms with Crippen LogP contribution in [0.15, 0.2) is 36.5 Å². The molecule has 3 rings (SSSR count). The van der Waals surface area contributed by atoms with Crippen LogP contribution in [-0.2, 0) is 21.3 Å². The van der Waals surface area contributed by atoms with Crippen molar-refractivity contribution in [3.8, 4) is 0 Å². The minimum absolute atomic E-state index is 0.232. The molecule has 7 nitrogen and oxygen atoms in total. The van der Waals surface area contributed by atoms with E-state index in [0.717, 1.165) is 0 Å². The van der Waals surface area contributed by atoms with Crippen LogP contribution in [0.5, 0.6) is 0 Å². The van der Waals surface area contributed by atoms with E-state index in [4.69, 9.17) is 9.47 Å². The highest BCUT2D eigenvalue weighted by Gasteiger charge is 2.31. The van der Waals surface area contributed by atoms with Crippen LogP contribution in [0.3, 0.4) is 0 Å². The summed E-state index contributed by atoms with van der Waals surface area (Å²) < 4.78 is 12.5. The number of hydrogen-bond acceptors (Lipinski definition) is 5. The fourth-order valence-corrected chi connectivity index (χ4v) is 2.71. The molecule has 0 bridgehead atoms. The summed E-state index contributed by atoms with van der Waals surface area (Å²) in [5.74, 6) is -0.787. The maximum absolute atomic E-state index is 12.9. The van der Waals surface area contributed by atoms with Crippen molar-refractivity contribution in [2.45, 2.75) is 13.0 Å². The van der Waals surface area contributed by atoms with E-state index in [2.05, 4.69) is 5.10 Å². The lowest BCUT2D eigenvalue weighted by Gasteiger charge is -2.30. The first-order valence-electron chi connectivity index (χ1n) is 8.19. The van der Waals surface area contributed by atoms with Crippen LogP contribution in [0.1, 0.15) is 27.7 Å². The molecule has 1 saturated heterocycles. The number of carbonyl (C=O) groups is 2. The van der Waals surface area contributed by atoms with Crippen LogP contribution in [0, 0.1) is 6.92 Å². The van der Waals surface area contributed by atoms with Gasteiger partial charge < -0.3 is 14.4 Å². The summed E-state index contributed by atoms with van der Waals surface area (Å²) in [6.45, 7) is 3.74. The van der Waals surface area contributed by atoms with E-state index in [1.165, 1.54) is 6.20 Å².